The summed E-state index contributed by atoms with van der Waals surface area (Å²) in [6.07, 6.45) is 0. The number of benzene rings is 1. The lowest BCUT2D eigenvalue weighted by atomic mass is 9.86. The average Bonchev–Trinajstić information content (AvgIpc) is 2.31. The van der Waals surface area contributed by atoms with Crippen molar-refractivity contribution in [3.05, 3.63) is 29.6 Å². The monoisotopic (exact) mass is 301 g/mol. The Morgan fingerprint density at radius 3 is 2.20 bits per heavy atom. The Balaban J connectivity index is 2.93. The average molecular weight is 301 g/mol. The fourth-order valence-corrected chi connectivity index (χ4v) is 3.72. The Labute approximate surface area is 121 Å². The van der Waals surface area contributed by atoms with Crippen molar-refractivity contribution < 1.29 is 12.8 Å². The van der Waals surface area contributed by atoms with Gasteiger partial charge in [0.1, 0.15) is 5.82 Å². The molecule has 0 aromatic heterocycles. The fourth-order valence-electron chi connectivity index (χ4n) is 2.39. The molecule has 0 amide bonds. The first-order chi connectivity index (χ1) is 9.15. The van der Waals surface area contributed by atoms with Crippen LogP contribution in [0.5, 0.6) is 0 Å². The Kier molecular flexibility index (Phi) is 5.71. The van der Waals surface area contributed by atoms with E-state index in [2.05, 4.69) is 32.4 Å². The van der Waals surface area contributed by atoms with Crippen molar-refractivity contribution in [2.45, 2.75) is 39.5 Å². The maximum Gasteiger partial charge on any atom is 0.240 e. The van der Waals surface area contributed by atoms with Gasteiger partial charge in [0, 0.05) is 6.54 Å². The summed E-state index contributed by atoms with van der Waals surface area (Å²) >= 11 is 0. The van der Waals surface area contributed by atoms with Crippen molar-refractivity contribution >= 4 is 10.0 Å². The van der Waals surface area contributed by atoms with Crippen LogP contribution in [0, 0.1) is 30.5 Å². The molecule has 0 aliphatic heterocycles. The zero-order chi connectivity index (χ0) is 15.5. The van der Waals surface area contributed by atoms with Crippen LogP contribution in [-0.2, 0) is 10.0 Å². The van der Waals surface area contributed by atoms with Crippen LogP contribution in [0.2, 0.25) is 0 Å². The highest BCUT2D eigenvalue weighted by molar-refractivity contribution is 7.89. The molecule has 1 aromatic rings. The number of sulfonamides is 1. The van der Waals surface area contributed by atoms with E-state index in [9.17, 15) is 12.8 Å². The third-order valence-electron chi connectivity index (χ3n) is 3.66. The Morgan fingerprint density at radius 1 is 1.15 bits per heavy atom. The van der Waals surface area contributed by atoms with Gasteiger partial charge in [-0.1, -0.05) is 33.8 Å². The number of hydrogen-bond donors (Lipinski definition) is 1. The lowest BCUT2D eigenvalue weighted by molar-refractivity contribution is 0.289. The molecular weight excluding hydrogens is 277 g/mol. The molecule has 0 saturated carbocycles. The SMILES string of the molecule is Cc1ccc(F)cc1S(=O)(=O)NCC(C(C)C)C(C)C. The first-order valence-electron chi connectivity index (χ1n) is 6.91. The van der Waals surface area contributed by atoms with E-state index in [1.54, 1.807) is 6.92 Å². The van der Waals surface area contributed by atoms with Crippen LogP contribution >= 0.6 is 0 Å². The van der Waals surface area contributed by atoms with E-state index in [0.717, 1.165) is 6.07 Å². The molecule has 3 nitrogen and oxygen atoms in total. The Bertz CT molecular complexity index is 545. The van der Waals surface area contributed by atoms with Crippen LogP contribution in [0.15, 0.2) is 23.1 Å². The molecule has 114 valence electrons. The minimum Gasteiger partial charge on any atom is -0.211 e. The standard InChI is InChI=1S/C15H24FNO2S/c1-10(2)14(11(3)4)9-17-20(18,19)15-8-13(16)7-6-12(15)5/h6-8,10-11,14,17H,9H2,1-5H3. The second-order valence-corrected chi connectivity index (χ2v) is 7.65. The molecule has 0 heterocycles. The van der Waals surface area contributed by atoms with E-state index in [1.165, 1.54) is 12.1 Å². The van der Waals surface area contributed by atoms with E-state index >= 15 is 0 Å². The van der Waals surface area contributed by atoms with Crippen molar-refractivity contribution in [3.8, 4) is 0 Å². The first-order valence-corrected chi connectivity index (χ1v) is 8.39. The topological polar surface area (TPSA) is 46.2 Å². The number of halogens is 1. The van der Waals surface area contributed by atoms with E-state index in [0.29, 0.717) is 23.9 Å². The smallest absolute Gasteiger partial charge is 0.211 e. The molecule has 5 heteroatoms. The summed E-state index contributed by atoms with van der Waals surface area (Å²) in [5, 5.41) is 0. The summed E-state index contributed by atoms with van der Waals surface area (Å²) in [6, 6.07) is 3.81. The van der Waals surface area contributed by atoms with Gasteiger partial charge in [-0.15, -0.1) is 0 Å². The third-order valence-corrected chi connectivity index (χ3v) is 5.23. The van der Waals surface area contributed by atoms with Crippen LogP contribution in [-0.4, -0.2) is 15.0 Å². The summed E-state index contributed by atoms with van der Waals surface area (Å²) in [7, 11) is -3.67. The quantitative estimate of drug-likeness (QED) is 0.876. The maximum atomic E-state index is 13.2. The summed E-state index contributed by atoms with van der Waals surface area (Å²) in [5.41, 5.74) is 0.546. The van der Waals surface area contributed by atoms with Crippen LogP contribution in [0.25, 0.3) is 0 Å². The highest BCUT2D eigenvalue weighted by Crippen LogP contribution is 2.21. The molecule has 1 rings (SSSR count). The van der Waals surface area contributed by atoms with Gasteiger partial charge in [0.05, 0.1) is 4.90 Å². The van der Waals surface area contributed by atoms with Gasteiger partial charge in [-0.3, -0.25) is 0 Å². The van der Waals surface area contributed by atoms with Crippen molar-refractivity contribution in [1.29, 1.82) is 0 Å². The van der Waals surface area contributed by atoms with E-state index in [-0.39, 0.29) is 10.8 Å². The summed E-state index contributed by atoms with van der Waals surface area (Å²) in [6.45, 7) is 10.3. The molecule has 1 aromatic carbocycles. The lowest BCUT2D eigenvalue weighted by Gasteiger charge is -2.25. The first kappa shape index (κ1) is 17.1. The largest absolute Gasteiger partial charge is 0.240 e. The lowest BCUT2D eigenvalue weighted by Crippen LogP contribution is -2.34. The number of nitrogens with one attached hydrogen (secondary N) is 1. The van der Waals surface area contributed by atoms with Gasteiger partial charge < -0.3 is 0 Å². The molecule has 0 atom stereocenters. The van der Waals surface area contributed by atoms with Gasteiger partial charge in [-0.2, -0.15) is 0 Å². The predicted molar refractivity (Wildman–Crippen MR) is 79.5 cm³/mol. The van der Waals surface area contributed by atoms with E-state index < -0.39 is 15.8 Å². The molecule has 0 bridgehead atoms. The number of hydrogen-bond acceptors (Lipinski definition) is 2. The summed E-state index contributed by atoms with van der Waals surface area (Å²) in [5.74, 6) is 0.469. The summed E-state index contributed by atoms with van der Waals surface area (Å²) in [4.78, 5) is 0.0174. The van der Waals surface area contributed by atoms with Crippen molar-refractivity contribution in [2.75, 3.05) is 6.54 Å². The van der Waals surface area contributed by atoms with Gasteiger partial charge in [-0.05, 0) is 42.4 Å². The normalized spacial score (nSPS) is 12.7. The molecule has 0 saturated heterocycles. The van der Waals surface area contributed by atoms with Crippen molar-refractivity contribution in [1.82, 2.24) is 4.72 Å². The second-order valence-electron chi connectivity index (χ2n) is 5.91. The molecule has 0 spiro atoms. The van der Waals surface area contributed by atoms with Crippen LogP contribution in [0.4, 0.5) is 4.39 Å². The Morgan fingerprint density at radius 2 is 1.70 bits per heavy atom. The second kappa shape index (κ2) is 6.68. The van der Waals surface area contributed by atoms with E-state index in [1.807, 2.05) is 0 Å². The molecule has 0 fully saturated rings. The van der Waals surface area contributed by atoms with Gasteiger partial charge in [0.15, 0.2) is 0 Å². The molecule has 20 heavy (non-hydrogen) atoms. The highest BCUT2D eigenvalue weighted by Gasteiger charge is 2.22. The Hall–Kier alpha value is -0.940. The van der Waals surface area contributed by atoms with Crippen molar-refractivity contribution in [2.24, 2.45) is 17.8 Å². The molecule has 0 radical (unpaired) electrons. The summed E-state index contributed by atoms with van der Waals surface area (Å²) < 4.78 is 40.4. The molecule has 0 aliphatic rings. The highest BCUT2D eigenvalue weighted by atomic mass is 32.2. The van der Waals surface area contributed by atoms with Gasteiger partial charge in [0.2, 0.25) is 10.0 Å². The van der Waals surface area contributed by atoms with Crippen LogP contribution in [0.1, 0.15) is 33.3 Å². The van der Waals surface area contributed by atoms with E-state index in [4.69, 9.17) is 0 Å². The third kappa shape index (κ3) is 4.28. The maximum absolute atomic E-state index is 13.2. The molecule has 0 aliphatic carbocycles. The minimum atomic E-state index is -3.67. The van der Waals surface area contributed by atoms with Crippen LogP contribution in [0.3, 0.4) is 0 Å². The fraction of sp³-hybridized carbons (Fsp3) is 0.600. The molecular formula is C15H24FNO2S. The zero-order valence-electron chi connectivity index (χ0n) is 12.8. The van der Waals surface area contributed by atoms with Crippen LogP contribution < -0.4 is 4.72 Å². The van der Waals surface area contributed by atoms with Gasteiger partial charge in [0.25, 0.3) is 0 Å². The molecule has 1 N–H and O–H groups in total. The van der Waals surface area contributed by atoms with Gasteiger partial charge >= 0.3 is 0 Å². The van der Waals surface area contributed by atoms with Gasteiger partial charge in [-0.25, -0.2) is 17.5 Å². The zero-order valence-corrected chi connectivity index (χ0v) is 13.6. The minimum absolute atomic E-state index is 0.0174. The number of aryl methyl sites for hydroxylation is 1. The predicted octanol–water partition coefficient (Wildman–Crippen LogP) is 3.34. The van der Waals surface area contributed by atoms with Crippen molar-refractivity contribution in [3.63, 3.8) is 0 Å². The number of rotatable bonds is 6. The molecule has 0 unspecified atom stereocenters.